The van der Waals surface area contributed by atoms with Crippen LogP contribution in [-0.4, -0.2) is 39.1 Å². The predicted molar refractivity (Wildman–Crippen MR) is 95.4 cm³/mol. The van der Waals surface area contributed by atoms with Crippen LogP contribution in [0.15, 0.2) is 43.0 Å². The predicted octanol–water partition coefficient (Wildman–Crippen LogP) is 3.15. The number of rotatable bonds is 3. The van der Waals surface area contributed by atoms with E-state index in [-0.39, 0.29) is 0 Å². The number of hydrogen-bond acceptors (Lipinski definition) is 6. The molecule has 0 bridgehead atoms. The van der Waals surface area contributed by atoms with Crippen molar-refractivity contribution in [1.82, 2.24) is 19.9 Å². The van der Waals surface area contributed by atoms with E-state index in [9.17, 15) is 0 Å². The molecule has 3 aromatic heterocycles. The van der Waals surface area contributed by atoms with E-state index in [1.54, 1.807) is 18.6 Å². The summed E-state index contributed by atoms with van der Waals surface area (Å²) in [7, 11) is 0. The molecule has 4 heterocycles. The molecule has 4 rings (SSSR count). The van der Waals surface area contributed by atoms with E-state index in [0.717, 1.165) is 42.8 Å². The number of aromatic nitrogens is 4. The van der Waals surface area contributed by atoms with Gasteiger partial charge in [-0.15, -0.1) is 0 Å². The third-order valence-electron chi connectivity index (χ3n) is 4.29. The third kappa shape index (κ3) is 3.10. The molecule has 0 unspecified atom stereocenters. The average Bonchev–Trinajstić information content (AvgIpc) is 2.64. The standard InChI is InChI=1S/C17H17ClN6/c18-15-4-3-14-16(23-15)17(21-11-20-14)22-12-5-8-24(9-6-12)13-2-1-7-19-10-13/h1-4,7,10-12H,5-6,8-9H2,(H,20,21,22). The highest BCUT2D eigenvalue weighted by Crippen LogP contribution is 2.24. The van der Waals surface area contributed by atoms with Crippen LogP contribution in [0.2, 0.25) is 5.15 Å². The van der Waals surface area contributed by atoms with Gasteiger partial charge >= 0.3 is 0 Å². The zero-order chi connectivity index (χ0) is 16.4. The molecule has 1 N–H and O–H groups in total. The second-order valence-electron chi connectivity index (χ2n) is 5.84. The Morgan fingerprint density at radius 1 is 1.12 bits per heavy atom. The van der Waals surface area contributed by atoms with Crippen molar-refractivity contribution in [2.45, 2.75) is 18.9 Å². The Labute approximate surface area is 144 Å². The number of hydrogen-bond donors (Lipinski definition) is 1. The maximum atomic E-state index is 6.01. The summed E-state index contributed by atoms with van der Waals surface area (Å²) in [6.45, 7) is 1.97. The lowest BCUT2D eigenvalue weighted by molar-refractivity contribution is 0.525. The minimum Gasteiger partial charge on any atom is -0.370 e. The van der Waals surface area contributed by atoms with E-state index in [0.29, 0.717) is 11.2 Å². The summed E-state index contributed by atoms with van der Waals surface area (Å²) in [5, 5.41) is 3.96. The van der Waals surface area contributed by atoms with Gasteiger partial charge in [0, 0.05) is 25.3 Å². The highest BCUT2D eigenvalue weighted by molar-refractivity contribution is 6.29. The topological polar surface area (TPSA) is 66.8 Å². The summed E-state index contributed by atoms with van der Waals surface area (Å²) >= 11 is 6.01. The first-order chi connectivity index (χ1) is 11.8. The molecular formula is C17H17ClN6. The van der Waals surface area contributed by atoms with Crippen molar-refractivity contribution in [3.8, 4) is 0 Å². The van der Waals surface area contributed by atoms with Gasteiger partial charge in [-0.25, -0.2) is 15.0 Å². The van der Waals surface area contributed by atoms with Crippen LogP contribution in [0.1, 0.15) is 12.8 Å². The SMILES string of the molecule is Clc1ccc2ncnc(NC3CCN(c4cccnc4)CC3)c2n1. The molecule has 3 aromatic rings. The number of anilines is 2. The van der Waals surface area contributed by atoms with Gasteiger partial charge in [0.25, 0.3) is 0 Å². The van der Waals surface area contributed by atoms with Crippen molar-refractivity contribution in [2.75, 3.05) is 23.3 Å². The number of nitrogens with zero attached hydrogens (tertiary/aromatic N) is 5. The lowest BCUT2D eigenvalue weighted by atomic mass is 10.0. The second kappa shape index (κ2) is 6.57. The van der Waals surface area contributed by atoms with Gasteiger partial charge < -0.3 is 10.2 Å². The summed E-state index contributed by atoms with van der Waals surface area (Å²) in [5.41, 5.74) is 2.70. The monoisotopic (exact) mass is 340 g/mol. The van der Waals surface area contributed by atoms with Crippen LogP contribution in [0.5, 0.6) is 0 Å². The normalized spacial score (nSPS) is 15.6. The molecule has 122 valence electrons. The fourth-order valence-corrected chi connectivity index (χ4v) is 3.19. The molecule has 0 aromatic carbocycles. The Kier molecular flexibility index (Phi) is 4.13. The molecule has 6 nitrogen and oxygen atoms in total. The Hall–Kier alpha value is -2.47. The van der Waals surface area contributed by atoms with Gasteiger partial charge in [-0.2, -0.15) is 0 Å². The molecule has 7 heteroatoms. The molecule has 1 aliphatic heterocycles. The lowest BCUT2D eigenvalue weighted by Gasteiger charge is -2.34. The average molecular weight is 341 g/mol. The molecule has 0 saturated carbocycles. The van der Waals surface area contributed by atoms with E-state index < -0.39 is 0 Å². The zero-order valence-electron chi connectivity index (χ0n) is 13.1. The molecule has 1 fully saturated rings. The quantitative estimate of drug-likeness (QED) is 0.739. The number of halogens is 1. The summed E-state index contributed by atoms with van der Waals surface area (Å²) < 4.78 is 0. The maximum absolute atomic E-state index is 6.01. The van der Waals surface area contributed by atoms with E-state index in [1.807, 2.05) is 18.3 Å². The molecule has 0 atom stereocenters. The Bertz CT molecular complexity index is 833. The largest absolute Gasteiger partial charge is 0.370 e. The van der Waals surface area contributed by atoms with Crippen LogP contribution in [0.3, 0.4) is 0 Å². The van der Waals surface area contributed by atoms with Gasteiger partial charge in [-0.1, -0.05) is 11.6 Å². The minimum absolute atomic E-state index is 0.358. The van der Waals surface area contributed by atoms with Crippen molar-refractivity contribution < 1.29 is 0 Å². The fourth-order valence-electron chi connectivity index (χ4n) is 3.04. The van der Waals surface area contributed by atoms with Gasteiger partial charge in [-0.3, -0.25) is 4.98 Å². The van der Waals surface area contributed by atoms with Crippen LogP contribution in [0.25, 0.3) is 11.0 Å². The first-order valence-corrected chi connectivity index (χ1v) is 8.36. The zero-order valence-corrected chi connectivity index (χ0v) is 13.8. The molecule has 0 spiro atoms. The maximum Gasteiger partial charge on any atom is 0.156 e. The first-order valence-electron chi connectivity index (χ1n) is 7.98. The second-order valence-corrected chi connectivity index (χ2v) is 6.23. The van der Waals surface area contributed by atoms with Gasteiger partial charge in [0.1, 0.15) is 17.0 Å². The van der Waals surface area contributed by atoms with Crippen LogP contribution in [0.4, 0.5) is 11.5 Å². The highest BCUT2D eigenvalue weighted by atomic mass is 35.5. The van der Waals surface area contributed by atoms with E-state index in [2.05, 4.69) is 36.2 Å². The third-order valence-corrected chi connectivity index (χ3v) is 4.51. The van der Waals surface area contributed by atoms with E-state index in [4.69, 9.17) is 11.6 Å². The smallest absolute Gasteiger partial charge is 0.156 e. The number of nitrogens with one attached hydrogen (secondary N) is 1. The first kappa shape index (κ1) is 15.1. The minimum atomic E-state index is 0.358. The molecule has 1 saturated heterocycles. The lowest BCUT2D eigenvalue weighted by Crippen LogP contribution is -2.39. The van der Waals surface area contributed by atoms with Crippen molar-refractivity contribution >= 4 is 34.1 Å². The van der Waals surface area contributed by atoms with Crippen LogP contribution < -0.4 is 10.2 Å². The number of piperidine rings is 1. The molecule has 1 aliphatic rings. The molecule has 0 amide bonds. The van der Waals surface area contributed by atoms with Crippen molar-refractivity contribution in [1.29, 1.82) is 0 Å². The Morgan fingerprint density at radius 2 is 2.00 bits per heavy atom. The fraction of sp³-hybridized carbons (Fsp3) is 0.294. The van der Waals surface area contributed by atoms with Gasteiger partial charge in [0.2, 0.25) is 0 Å². The summed E-state index contributed by atoms with van der Waals surface area (Å²) in [6, 6.07) is 8.04. The van der Waals surface area contributed by atoms with Crippen LogP contribution >= 0.6 is 11.6 Å². The van der Waals surface area contributed by atoms with Crippen LogP contribution in [0, 0.1) is 0 Å². The Balaban J connectivity index is 1.47. The molecule has 0 aliphatic carbocycles. The molecular weight excluding hydrogens is 324 g/mol. The summed E-state index contributed by atoms with van der Waals surface area (Å²) in [6.07, 6.45) is 7.33. The summed E-state index contributed by atoms with van der Waals surface area (Å²) in [4.78, 5) is 19.5. The highest BCUT2D eigenvalue weighted by Gasteiger charge is 2.20. The number of fused-ring (bicyclic) bond motifs is 1. The van der Waals surface area contributed by atoms with Gasteiger partial charge in [0.05, 0.1) is 17.4 Å². The summed E-state index contributed by atoms with van der Waals surface area (Å²) in [5.74, 6) is 0.752. The molecule has 0 radical (unpaired) electrons. The van der Waals surface area contributed by atoms with E-state index in [1.165, 1.54) is 5.69 Å². The van der Waals surface area contributed by atoms with E-state index >= 15 is 0 Å². The number of pyridine rings is 2. The van der Waals surface area contributed by atoms with Crippen molar-refractivity contribution in [3.63, 3.8) is 0 Å². The van der Waals surface area contributed by atoms with Gasteiger partial charge in [-0.05, 0) is 37.1 Å². The van der Waals surface area contributed by atoms with Crippen molar-refractivity contribution in [2.24, 2.45) is 0 Å². The van der Waals surface area contributed by atoms with Crippen LogP contribution in [-0.2, 0) is 0 Å². The van der Waals surface area contributed by atoms with Gasteiger partial charge in [0.15, 0.2) is 5.82 Å². The molecule has 24 heavy (non-hydrogen) atoms. The van der Waals surface area contributed by atoms with Crippen molar-refractivity contribution in [3.05, 3.63) is 48.1 Å². The Morgan fingerprint density at radius 3 is 2.79 bits per heavy atom.